The molecule has 180 valence electrons. The van der Waals surface area contributed by atoms with Crippen molar-refractivity contribution >= 4 is 17.2 Å². The first kappa shape index (κ1) is 23.8. The molecule has 0 aromatic heterocycles. The number of nitrogens with two attached hydrogens (primary N) is 1. The van der Waals surface area contributed by atoms with Crippen molar-refractivity contribution in [2.45, 2.75) is 32.6 Å². The highest BCUT2D eigenvalue weighted by atomic mass is 16.6. The molecule has 0 fully saturated rings. The predicted molar refractivity (Wildman–Crippen MR) is 130 cm³/mol. The van der Waals surface area contributed by atoms with Crippen molar-refractivity contribution in [1.29, 1.82) is 5.26 Å². The second-order valence-corrected chi connectivity index (χ2v) is 9.37. The number of benzene rings is 2. The summed E-state index contributed by atoms with van der Waals surface area (Å²) < 4.78 is 10.8. The van der Waals surface area contributed by atoms with Crippen LogP contribution in [0.2, 0.25) is 0 Å². The molecule has 4 rings (SSSR count). The molecule has 1 atom stereocenters. The van der Waals surface area contributed by atoms with Gasteiger partial charge in [-0.1, -0.05) is 26.0 Å². The van der Waals surface area contributed by atoms with Crippen LogP contribution in [0.15, 0.2) is 65.1 Å². The number of carbonyl (C=O) groups is 1. The molecule has 2 aliphatic rings. The SMILES string of the molecule is COc1ccc([C@@H]2C(C#N)=C(N)N(c3cccc([N+](=O)[O-])c3)C3=C2C(=O)CC(C)(C)C3)cc1OC. The average molecular weight is 475 g/mol. The Labute approximate surface area is 203 Å². The number of nitro benzene ring substituents is 1. The quantitative estimate of drug-likeness (QED) is 0.493. The lowest BCUT2D eigenvalue weighted by molar-refractivity contribution is -0.384. The maximum atomic E-state index is 13.6. The summed E-state index contributed by atoms with van der Waals surface area (Å²) in [4.78, 5) is 26.2. The number of non-ortho nitro benzene ring substituents is 1. The monoisotopic (exact) mass is 474 g/mol. The first-order valence-corrected chi connectivity index (χ1v) is 11.0. The van der Waals surface area contributed by atoms with Crippen LogP contribution in [0.5, 0.6) is 11.5 Å². The number of rotatable bonds is 5. The minimum Gasteiger partial charge on any atom is -0.493 e. The number of Topliss-reactive ketones (excluding diaryl/α,β-unsaturated/α-hetero) is 1. The maximum absolute atomic E-state index is 13.6. The van der Waals surface area contributed by atoms with E-state index < -0.39 is 10.8 Å². The molecule has 0 radical (unpaired) electrons. The summed E-state index contributed by atoms with van der Waals surface area (Å²) in [5.74, 6) is 0.330. The topological polar surface area (TPSA) is 132 Å². The van der Waals surface area contributed by atoms with Gasteiger partial charge < -0.3 is 15.2 Å². The Hall–Kier alpha value is -4.32. The molecular weight excluding hydrogens is 448 g/mol. The number of ketones is 1. The molecule has 1 heterocycles. The Balaban J connectivity index is 2.00. The molecule has 35 heavy (non-hydrogen) atoms. The third kappa shape index (κ3) is 4.08. The number of ether oxygens (including phenoxy) is 2. The number of anilines is 1. The van der Waals surface area contributed by atoms with E-state index >= 15 is 0 Å². The highest BCUT2D eigenvalue weighted by Crippen LogP contribution is 2.51. The van der Waals surface area contributed by atoms with Gasteiger partial charge in [0.1, 0.15) is 5.82 Å². The van der Waals surface area contributed by atoms with Crippen LogP contribution >= 0.6 is 0 Å². The molecule has 0 amide bonds. The Morgan fingerprint density at radius 3 is 2.49 bits per heavy atom. The highest BCUT2D eigenvalue weighted by Gasteiger charge is 2.45. The number of hydrogen-bond donors (Lipinski definition) is 1. The fourth-order valence-electron chi connectivity index (χ4n) is 4.92. The van der Waals surface area contributed by atoms with Gasteiger partial charge in [-0.05, 0) is 35.6 Å². The molecule has 0 saturated heterocycles. The molecule has 2 N–H and O–H groups in total. The van der Waals surface area contributed by atoms with Gasteiger partial charge in [0.05, 0.1) is 42.4 Å². The minimum atomic E-state index is -0.701. The van der Waals surface area contributed by atoms with Crippen molar-refractivity contribution in [1.82, 2.24) is 0 Å². The summed E-state index contributed by atoms with van der Waals surface area (Å²) in [6.07, 6.45) is 0.803. The van der Waals surface area contributed by atoms with Crippen molar-refractivity contribution in [3.8, 4) is 17.6 Å². The summed E-state index contributed by atoms with van der Waals surface area (Å²) in [6, 6.07) is 13.5. The Kier molecular flexibility index (Phi) is 5.99. The van der Waals surface area contributed by atoms with Crippen molar-refractivity contribution < 1.29 is 19.2 Å². The van der Waals surface area contributed by atoms with Crippen molar-refractivity contribution in [2.75, 3.05) is 19.1 Å². The number of carbonyl (C=O) groups excluding carboxylic acids is 1. The van der Waals surface area contributed by atoms with Crippen molar-refractivity contribution in [3.63, 3.8) is 0 Å². The van der Waals surface area contributed by atoms with Gasteiger partial charge in [0, 0.05) is 29.8 Å². The highest BCUT2D eigenvalue weighted by molar-refractivity contribution is 6.01. The minimum absolute atomic E-state index is 0.0910. The third-order valence-electron chi connectivity index (χ3n) is 6.42. The number of nitriles is 1. The zero-order chi connectivity index (χ0) is 25.5. The zero-order valence-electron chi connectivity index (χ0n) is 20.0. The van der Waals surface area contributed by atoms with E-state index in [2.05, 4.69) is 6.07 Å². The second kappa shape index (κ2) is 8.80. The number of allylic oxidation sites excluding steroid dienone is 3. The van der Waals surface area contributed by atoms with E-state index in [-0.39, 0.29) is 28.3 Å². The molecular formula is C26H26N4O5. The van der Waals surface area contributed by atoms with Crippen molar-refractivity contribution in [2.24, 2.45) is 11.1 Å². The van der Waals surface area contributed by atoms with Gasteiger partial charge in [0.15, 0.2) is 17.3 Å². The smallest absolute Gasteiger partial charge is 0.271 e. The maximum Gasteiger partial charge on any atom is 0.271 e. The van der Waals surface area contributed by atoms with E-state index in [1.807, 2.05) is 13.8 Å². The number of methoxy groups -OCH3 is 2. The Bertz CT molecular complexity index is 1340. The lowest BCUT2D eigenvalue weighted by Gasteiger charge is -2.43. The van der Waals surface area contributed by atoms with Crippen LogP contribution in [0.1, 0.15) is 38.2 Å². The summed E-state index contributed by atoms with van der Waals surface area (Å²) in [6.45, 7) is 3.98. The molecule has 1 aliphatic heterocycles. The van der Waals surface area contributed by atoms with Gasteiger partial charge in [0.2, 0.25) is 0 Å². The molecule has 0 saturated carbocycles. The lowest BCUT2D eigenvalue weighted by atomic mass is 9.68. The Morgan fingerprint density at radius 1 is 1.14 bits per heavy atom. The van der Waals surface area contributed by atoms with Gasteiger partial charge in [-0.15, -0.1) is 0 Å². The van der Waals surface area contributed by atoms with Crippen molar-refractivity contribution in [3.05, 3.63) is 80.8 Å². The van der Waals surface area contributed by atoms with Gasteiger partial charge >= 0.3 is 0 Å². The van der Waals surface area contributed by atoms with E-state index in [9.17, 15) is 20.2 Å². The Morgan fingerprint density at radius 2 is 1.86 bits per heavy atom. The normalized spacial score (nSPS) is 19.2. The van der Waals surface area contributed by atoms with E-state index in [4.69, 9.17) is 15.2 Å². The largest absolute Gasteiger partial charge is 0.493 e. The summed E-state index contributed by atoms with van der Waals surface area (Å²) in [5.41, 5.74) is 8.52. The van der Waals surface area contributed by atoms with Crippen LogP contribution in [0, 0.1) is 26.9 Å². The molecule has 9 nitrogen and oxygen atoms in total. The molecule has 0 bridgehead atoms. The molecule has 2 aromatic carbocycles. The molecule has 0 spiro atoms. The van der Waals surface area contributed by atoms with E-state index in [1.54, 1.807) is 35.2 Å². The van der Waals surface area contributed by atoms with Crippen LogP contribution < -0.4 is 20.1 Å². The summed E-state index contributed by atoms with van der Waals surface area (Å²) >= 11 is 0. The van der Waals surface area contributed by atoms with Crippen LogP contribution in [-0.2, 0) is 4.79 Å². The summed E-state index contributed by atoms with van der Waals surface area (Å²) in [5, 5.41) is 21.6. The van der Waals surface area contributed by atoms with Crippen LogP contribution in [0.3, 0.4) is 0 Å². The van der Waals surface area contributed by atoms with E-state index in [0.717, 1.165) is 0 Å². The van der Waals surface area contributed by atoms with Gasteiger partial charge in [-0.25, -0.2) is 0 Å². The fraction of sp³-hybridized carbons (Fsp3) is 0.308. The van der Waals surface area contributed by atoms with Crippen LogP contribution in [-0.4, -0.2) is 24.9 Å². The van der Waals surface area contributed by atoms with Gasteiger partial charge in [-0.2, -0.15) is 5.26 Å². The number of nitrogens with zero attached hydrogens (tertiary/aromatic N) is 3. The lowest BCUT2D eigenvalue weighted by Crippen LogP contribution is -2.42. The molecule has 2 aromatic rings. The van der Waals surface area contributed by atoms with Gasteiger partial charge in [-0.3, -0.25) is 19.8 Å². The van der Waals surface area contributed by atoms with E-state index in [1.165, 1.54) is 26.4 Å². The fourth-order valence-corrected chi connectivity index (χ4v) is 4.92. The zero-order valence-corrected chi connectivity index (χ0v) is 20.0. The van der Waals surface area contributed by atoms with Crippen LogP contribution in [0.4, 0.5) is 11.4 Å². The number of nitro groups is 1. The van der Waals surface area contributed by atoms with Gasteiger partial charge in [0.25, 0.3) is 5.69 Å². The first-order valence-electron chi connectivity index (χ1n) is 11.0. The molecule has 1 aliphatic carbocycles. The molecule has 9 heteroatoms. The average Bonchev–Trinajstić information content (AvgIpc) is 2.82. The van der Waals surface area contributed by atoms with Crippen LogP contribution in [0.25, 0.3) is 0 Å². The first-order chi connectivity index (χ1) is 16.6. The number of hydrogen-bond acceptors (Lipinski definition) is 8. The standard InChI is InChI=1S/C26H26N4O5/c1-26(2)12-19-24(20(31)13-26)23(15-8-9-21(34-3)22(10-15)35-4)18(14-27)25(28)29(19)16-6-5-7-17(11-16)30(32)33/h5-11,23H,12-13,28H2,1-4H3/t23-/m1/s1. The summed E-state index contributed by atoms with van der Waals surface area (Å²) in [7, 11) is 3.04. The van der Waals surface area contributed by atoms with E-state index in [0.29, 0.717) is 46.9 Å². The third-order valence-corrected chi connectivity index (χ3v) is 6.42. The second-order valence-electron chi connectivity index (χ2n) is 9.37. The molecule has 0 unspecified atom stereocenters. The predicted octanol–water partition coefficient (Wildman–Crippen LogP) is 4.55.